The summed E-state index contributed by atoms with van der Waals surface area (Å²) in [6.45, 7) is 0.293. The molecule has 9 nitrogen and oxygen atoms in total. The molecule has 37 heavy (non-hydrogen) atoms. The lowest BCUT2D eigenvalue weighted by atomic mass is 9.99. The second kappa shape index (κ2) is 10.6. The number of hydrogen-bond donors (Lipinski definition) is 4. The van der Waals surface area contributed by atoms with E-state index in [9.17, 15) is 5.11 Å². The van der Waals surface area contributed by atoms with Crippen molar-refractivity contribution in [1.29, 1.82) is 0 Å². The Bertz CT molecular complexity index is 1420. The molecule has 0 radical (unpaired) electrons. The zero-order valence-electron chi connectivity index (χ0n) is 20.5. The molecule has 4 aromatic rings. The third kappa shape index (κ3) is 5.56. The van der Waals surface area contributed by atoms with Crippen LogP contribution in [0.5, 0.6) is 5.75 Å². The van der Waals surface area contributed by atoms with Crippen LogP contribution in [0, 0.1) is 5.82 Å². The maximum Gasteiger partial charge on any atom is 0.170 e. The lowest BCUT2D eigenvalue weighted by molar-refractivity contribution is 0.165. The zero-order chi connectivity index (χ0) is 25.9. The average Bonchev–Trinajstić information content (AvgIpc) is 3.67. The van der Waals surface area contributed by atoms with Crippen molar-refractivity contribution in [2.75, 3.05) is 7.11 Å². The molecule has 1 atom stereocenters. The Morgan fingerprint density at radius 3 is 2.76 bits per heavy atom. The van der Waals surface area contributed by atoms with Gasteiger partial charge in [-0.25, -0.2) is 15.2 Å². The molecule has 1 aliphatic carbocycles. The first-order valence-electron chi connectivity index (χ1n) is 12.1. The molecule has 1 aromatic carbocycles. The summed E-state index contributed by atoms with van der Waals surface area (Å²) in [7, 11) is 1.41. The molecule has 0 amide bonds. The molecule has 0 aliphatic heterocycles. The summed E-state index contributed by atoms with van der Waals surface area (Å²) in [5, 5.41) is 14.8. The van der Waals surface area contributed by atoms with Crippen LogP contribution in [0.15, 0.2) is 73.1 Å². The maximum absolute atomic E-state index is 15.1. The van der Waals surface area contributed by atoms with E-state index in [2.05, 4.69) is 27.5 Å². The van der Waals surface area contributed by atoms with Crippen LogP contribution in [0.4, 0.5) is 4.39 Å². The summed E-state index contributed by atoms with van der Waals surface area (Å²) in [4.78, 5) is 8.62. The number of nitrogens with one attached hydrogen (secondary N) is 1. The topological polar surface area (TPSA) is 127 Å². The van der Waals surface area contributed by atoms with E-state index in [-0.39, 0.29) is 18.0 Å². The standard InChI is InChI=1S/C27H30FN7O2/c1-37-24-6-5-21(18-8-10-31-11-9-18)22(26(24)28)12-32-27(36)23(29)16-35(30)15-20-14-34-13-19(17-2-3-17)4-7-25(34)33-20/h4-11,13-14,16-17,27,32,36H,2-3,12,15,29-30H2,1H3/b23-16-. The van der Waals surface area contributed by atoms with Gasteiger partial charge < -0.3 is 25.0 Å². The van der Waals surface area contributed by atoms with E-state index < -0.39 is 12.0 Å². The second-order valence-electron chi connectivity index (χ2n) is 9.16. The highest BCUT2D eigenvalue weighted by Crippen LogP contribution is 2.39. The fraction of sp³-hybridized carbons (Fsp3) is 0.259. The van der Waals surface area contributed by atoms with Crippen LogP contribution in [0.2, 0.25) is 0 Å². The number of aliphatic hydroxyl groups excluding tert-OH is 1. The Labute approximate surface area is 214 Å². The molecule has 10 heteroatoms. The van der Waals surface area contributed by atoms with Gasteiger partial charge in [0, 0.05) is 43.1 Å². The number of fused-ring (bicyclic) bond motifs is 1. The zero-order valence-corrected chi connectivity index (χ0v) is 20.5. The summed E-state index contributed by atoms with van der Waals surface area (Å²) in [6, 6.07) is 11.0. The van der Waals surface area contributed by atoms with Crippen LogP contribution in [-0.2, 0) is 13.1 Å². The number of aliphatic hydroxyl groups is 1. The van der Waals surface area contributed by atoms with Crippen molar-refractivity contribution in [3.8, 4) is 16.9 Å². The largest absolute Gasteiger partial charge is 0.494 e. The number of nitrogens with zero attached hydrogens (tertiary/aromatic N) is 4. The summed E-state index contributed by atoms with van der Waals surface area (Å²) in [5.74, 6) is 6.38. The number of aromatic nitrogens is 3. The Kier molecular flexibility index (Phi) is 7.04. The van der Waals surface area contributed by atoms with Gasteiger partial charge in [0.2, 0.25) is 0 Å². The molecule has 1 aliphatic rings. The fourth-order valence-electron chi connectivity index (χ4n) is 4.34. The van der Waals surface area contributed by atoms with Crippen molar-refractivity contribution >= 4 is 5.65 Å². The van der Waals surface area contributed by atoms with Crippen LogP contribution >= 0.6 is 0 Å². The highest BCUT2D eigenvalue weighted by molar-refractivity contribution is 5.68. The third-order valence-corrected chi connectivity index (χ3v) is 6.44. The Morgan fingerprint density at radius 1 is 1.24 bits per heavy atom. The van der Waals surface area contributed by atoms with Crippen molar-refractivity contribution in [1.82, 2.24) is 24.7 Å². The third-order valence-electron chi connectivity index (χ3n) is 6.44. The minimum atomic E-state index is -1.26. The lowest BCUT2D eigenvalue weighted by Gasteiger charge is -2.19. The van der Waals surface area contributed by atoms with Gasteiger partial charge in [-0.3, -0.25) is 10.3 Å². The van der Waals surface area contributed by atoms with E-state index in [0.29, 0.717) is 23.6 Å². The first-order valence-corrected chi connectivity index (χ1v) is 12.1. The van der Waals surface area contributed by atoms with Crippen molar-refractivity contribution in [3.63, 3.8) is 0 Å². The molecular formula is C27H30FN7O2. The number of rotatable bonds is 10. The average molecular weight is 504 g/mol. The summed E-state index contributed by atoms with van der Waals surface area (Å²) < 4.78 is 22.3. The van der Waals surface area contributed by atoms with E-state index in [1.165, 1.54) is 36.7 Å². The predicted molar refractivity (Wildman–Crippen MR) is 138 cm³/mol. The number of nitrogens with two attached hydrogens (primary N) is 2. The van der Waals surface area contributed by atoms with Gasteiger partial charge in [0.05, 0.1) is 25.0 Å². The van der Waals surface area contributed by atoms with Crippen LogP contribution in [-0.4, -0.2) is 37.8 Å². The van der Waals surface area contributed by atoms with Gasteiger partial charge in [-0.1, -0.05) is 12.1 Å². The van der Waals surface area contributed by atoms with Gasteiger partial charge in [0.25, 0.3) is 0 Å². The van der Waals surface area contributed by atoms with E-state index >= 15 is 4.39 Å². The van der Waals surface area contributed by atoms with Gasteiger partial charge in [0.15, 0.2) is 11.6 Å². The molecule has 0 bridgehead atoms. The second-order valence-corrected chi connectivity index (χ2v) is 9.16. The molecule has 6 N–H and O–H groups in total. The van der Waals surface area contributed by atoms with Gasteiger partial charge in [0.1, 0.15) is 11.9 Å². The summed E-state index contributed by atoms with van der Waals surface area (Å²) in [5.41, 5.74) is 10.9. The molecule has 5 rings (SSSR count). The Morgan fingerprint density at radius 2 is 2.03 bits per heavy atom. The monoisotopic (exact) mass is 503 g/mol. The number of ether oxygens (including phenoxy) is 1. The number of imidazole rings is 1. The SMILES string of the molecule is COc1ccc(-c2ccncc2)c(CNC(O)/C(N)=C/N(N)Cc2cn3cc(C4CC4)ccc3n2)c1F. The number of hydrazine groups is 1. The normalized spacial score (nSPS) is 14.6. The molecular weight excluding hydrogens is 473 g/mol. The molecule has 1 saturated carbocycles. The van der Waals surface area contributed by atoms with Crippen molar-refractivity contribution in [2.24, 2.45) is 11.6 Å². The molecule has 3 heterocycles. The Hall–Kier alpha value is -3.99. The van der Waals surface area contributed by atoms with Crippen LogP contribution in [0.1, 0.15) is 35.6 Å². The first-order chi connectivity index (χ1) is 17.9. The molecule has 192 valence electrons. The van der Waals surface area contributed by atoms with Crippen LogP contribution in [0.25, 0.3) is 16.8 Å². The quantitative estimate of drug-likeness (QED) is 0.148. The Balaban J connectivity index is 1.26. The summed E-state index contributed by atoms with van der Waals surface area (Å²) >= 11 is 0. The van der Waals surface area contributed by atoms with E-state index in [4.69, 9.17) is 16.3 Å². The number of hydrogen-bond acceptors (Lipinski definition) is 8. The van der Waals surface area contributed by atoms with Gasteiger partial charge >= 0.3 is 0 Å². The van der Waals surface area contributed by atoms with Crippen molar-refractivity contribution in [3.05, 3.63) is 95.7 Å². The molecule has 0 saturated heterocycles. The number of methoxy groups -OCH3 is 1. The smallest absolute Gasteiger partial charge is 0.170 e. The number of halogens is 1. The maximum atomic E-state index is 15.1. The highest BCUT2D eigenvalue weighted by Gasteiger charge is 2.24. The molecule has 0 spiro atoms. The van der Waals surface area contributed by atoms with Crippen LogP contribution in [0.3, 0.4) is 0 Å². The van der Waals surface area contributed by atoms with Gasteiger partial charge in [-0.15, -0.1) is 0 Å². The number of benzene rings is 1. The minimum absolute atomic E-state index is 0.00324. The van der Waals surface area contributed by atoms with E-state index in [1.54, 1.807) is 36.7 Å². The van der Waals surface area contributed by atoms with E-state index in [1.807, 2.05) is 16.7 Å². The van der Waals surface area contributed by atoms with Crippen molar-refractivity contribution < 1.29 is 14.2 Å². The van der Waals surface area contributed by atoms with Gasteiger partial charge in [-0.05, 0) is 59.7 Å². The lowest BCUT2D eigenvalue weighted by Crippen LogP contribution is -2.36. The van der Waals surface area contributed by atoms with Crippen molar-refractivity contribution in [2.45, 2.75) is 38.1 Å². The predicted octanol–water partition coefficient (Wildman–Crippen LogP) is 3.01. The highest BCUT2D eigenvalue weighted by atomic mass is 19.1. The molecule has 1 unspecified atom stereocenters. The molecule has 1 fully saturated rings. The molecule has 3 aromatic heterocycles. The number of pyridine rings is 2. The first kappa shape index (κ1) is 24.7. The summed E-state index contributed by atoms with van der Waals surface area (Å²) in [6.07, 6.45) is 9.96. The fourth-order valence-corrected chi connectivity index (χ4v) is 4.34. The van der Waals surface area contributed by atoms with Crippen LogP contribution < -0.4 is 21.6 Å². The minimum Gasteiger partial charge on any atom is -0.494 e. The van der Waals surface area contributed by atoms with E-state index in [0.717, 1.165) is 16.9 Å². The van der Waals surface area contributed by atoms with Gasteiger partial charge in [-0.2, -0.15) is 0 Å².